The van der Waals surface area contributed by atoms with Gasteiger partial charge in [0.05, 0.1) is 5.92 Å². The summed E-state index contributed by atoms with van der Waals surface area (Å²) in [5.74, 6) is -0.827. The zero-order chi connectivity index (χ0) is 12.6. The van der Waals surface area contributed by atoms with Gasteiger partial charge in [-0.3, -0.25) is 4.79 Å². The van der Waals surface area contributed by atoms with Gasteiger partial charge in [-0.1, -0.05) is 6.92 Å². The van der Waals surface area contributed by atoms with Gasteiger partial charge in [-0.25, -0.2) is 0 Å². The van der Waals surface area contributed by atoms with E-state index in [4.69, 9.17) is 5.11 Å². The largest absolute Gasteiger partial charge is 0.508 e. The molecule has 2 unspecified atom stereocenters. The maximum atomic E-state index is 10.9. The van der Waals surface area contributed by atoms with Crippen LogP contribution in [0.3, 0.4) is 0 Å². The lowest BCUT2D eigenvalue weighted by Gasteiger charge is -2.24. The number of carbonyl (C=O) groups is 1. The Kier molecular flexibility index (Phi) is 2.96. The van der Waals surface area contributed by atoms with Gasteiger partial charge in [-0.2, -0.15) is 0 Å². The maximum Gasteiger partial charge on any atom is 0.306 e. The fourth-order valence-electron chi connectivity index (χ4n) is 2.42. The smallest absolute Gasteiger partial charge is 0.306 e. The monoisotopic (exact) mass is 235 g/mol. The molecular formula is C13H17NO3. The maximum absolute atomic E-state index is 10.9. The lowest BCUT2D eigenvalue weighted by molar-refractivity contribution is -0.141. The molecule has 0 radical (unpaired) electrons. The average molecular weight is 235 g/mol. The number of anilines is 1. The van der Waals surface area contributed by atoms with E-state index >= 15 is 0 Å². The van der Waals surface area contributed by atoms with Crippen molar-refractivity contribution >= 4 is 11.7 Å². The number of hydrogen-bond acceptors (Lipinski definition) is 3. The van der Waals surface area contributed by atoms with Gasteiger partial charge in [-0.05, 0) is 36.6 Å². The summed E-state index contributed by atoms with van der Waals surface area (Å²) < 4.78 is 0. The summed E-state index contributed by atoms with van der Waals surface area (Å²) in [7, 11) is 1.97. The van der Waals surface area contributed by atoms with Crippen molar-refractivity contribution in [3.05, 3.63) is 23.8 Å². The minimum absolute atomic E-state index is 0.206. The zero-order valence-corrected chi connectivity index (χ0v) is 10.1. The molecule has 0 aliphatic carbocycles. The summed E-state index contributed by atoms with van der Waals surface area (Å²) in [5.41, 5.74) is 2.18. The molecule has 0 saturated carbocycles. The van der Waals surface area contributed by atoms with Crippen LogP contribution < -0.4 is 4.90 Å². The molecule has 0 saturated heterocycles. The lowest BCUT2D eigenvalue weighted by atomic mass is 9.99. The number of nitrogens with zero attached hydrogens (tertiary/aromatic N) is 1. The topological polar surface area (TPSA) is 60.8 Å². The molecule has 2 N–H and O–H groups in total. The van der Waals surface area contributed by atoms with Crippen molar-refractivity contribution in [2.45, 2.75) is 25.8 Å². The first-order chi connectivity index (χ1) is 7.99. The first-order valence-corrected chi connectivity index (χ1v) is 5.76. The molecule has 0 fully saturated rings. The van der Waals surface area contributed by atoms with Gasteiger partial charge < -0.3 is 15.1 Å². The summed E-state index contributed by atoms with van der Waals surface area (Å²) in [6.45, 7) is 1.73. The highest BCUT2D eigenvalue weighted by Gasteiger charge is 2.29. The number of carboxylic acid groups (broad SMARTS) is 1. The number of phenols is 1. The summed E-state index contributed by atoms with van der Waals surface area (Å²) in [5, 5.41) is 18.4. The Bertz CT molecular complexity index is 444. The average Bonchev–Trinajstić information content (AvgIpc) is 2.55. The van der Waals surface area contributed by atoms with E-state index in [0.717, 1.165) is 17.7 Å². The molecule has 0 spiro atoms. The minimum Gasteiger partial charge on any atom is -0.508 e. The molecule has 4 heteroatoms. The third-order valence-electron chi connectivity index (χ3n) is 3.49. The molecule has 2 rings (SSSR count). The van der Waals surface area contributed by atoms with Crippen LogP contribution in [0.15, 0.2) is 18.2 Å². The van der Waals surface area contributed by atoms with Gasteiger partial charge in [0.2, 0.25) is 0 Å². The van der Waals surface area contributed by atoms with Crippen molar-refractivity contribution in [3.8, 4) is 5.75 Å². The van der Waals surface area contributed by atoms with Crippen LogP contribution in [-0.4, -0.2) is 29.3 Å². The molecule has 0 aromatic heterocycles. The van der Waals surface area contributed by atoms with Gasteiger partial charge in [-0.15, -0.1) is 0 Å². The van der Waals surface area contributed by atoms with Crippen LogP contribution in [0.25, 0.3) is 0 Å². The van der Waals surface area contributed by atoms with E-state index in [1.807, 2.05) is 13.1 Å². The number of fused-ring (bicyclic) bond motifs is 1. The zero-order valence-electron chi connectivity index (χ0n) is 10.1. The second kappa shape index (κ2) is 4.28. The van der Waals surface area contributed by atoms with Crippen LogP contribution in [0.2, 0.25) is 0 Å². The van der Waals surface area contributed by atoms with Crippen molar-refractivity contribution in [1.82, 2.24) is 0 Å². The molecule has 1 aromatic rings. The van der Waals surface area contributed by atoms with Crippen molar-refractivity contribution in [1.29, 1.82) is 0 Å². The Hall–Kier alpha value is -1.71. The normalized spacial score (nSPS) is 20.1. The Morgan fingerprint density at radius 3 is 2.94 bits per heavy atom. The second-order valence-electron chi connectivity index (χ2n) is 4.76. The van der Waals surface area contributed by atoms with Crippen LogP contribution in [0.4, 0.5) is 5.69 Å². The van der Waals surface area contributed by atoms with Crippen molar-refractivity contribution in [3.63, 3.8) is 0 Å². The molecule has 92 valence electrons. The number of phenolic OH excluding ortho intramolecular Hbond substituents is 1. The lowest BCUT2D eigenvalue weighted by Crippen LogP contribution is -2.31. The first kappa shape index (κ1) is 11.8. The number of hydrogen-bond donors (Lipinski definition) is 2. The molecule has 1 aliphatic heterocycles. The Morgan fingerprint density at radius 1 is 1.59 bits per heavy atom. The van der Waals surface area contributed by atoms with E-state index < -0.39 is 5.97 Å². The van der Waals surface area contributed by atoms with Gasteiger partial charge in [0.1, 0.15) is 5.75 Å². The molecule has 1 heterocycles. The van der Waals surface area contributed by atoms with E-state index in [1.54, 1.807) is 19.1 Å². The Morgan fingerprint density at radius 2 is 2.29 bits per heavy atom. The number of rotatable bonds is 3. The molecule has 0 bridgehead atoms. The molecule has 4 nitrogen and oxygen atoms in total. The molecular weight excluding hydrogens is 218 g/mol. The van der Waals surface area contributed by atoms with Gasteiger partial charge >= 0.3 is 5.97 Å². The van der Waals surface area contributed by atoms with Gasteiger partial charge in [0.15, 0.2) is 0 Å². The second-order valence-corrected chi connectivity index (χ2v) is 4.76. The molecule has 17 heavy (non-hydrogen) atoms. The third-order valence-corrected chi connectivity index (χ3v) is 3.49. The number of likely N-dealkylation sites (N-methyl/N-ethyl adjacent to an activating group) is 1. The van der Waals surface area contributed by atoms with Gasteiger partial charge in [0, 0.05) is 18.8 Å². The number of aromatic hydroxyl groups is 1. The SMILES string of the molecule is CC(CC1Cc2cc(O)ccc2N1C)C(=O)O. The first-order valence-electron chi connectivity index (χ1n) is 5.76. The van der Waals surface area contributed by atoms with Crippen molar-refractivity contribution in [2.75, 3.05) is 11.9 Å². The van der Waals surface area contributed by atoms with Crippen LogP contribution in [-0.2, 0) is 11.2 Å². The highest BCUT2D eigenvalue weighted by Crippen LogP contribution is 2.35. The van der Waals surface area contributed by atoms with E-state index in [2.05, 4.69) is 4.90 Å². The molecule has 0 amide bonds. The van der Waals surface area contributed by atoms with Crippen LogP contribution in [0.5, 0.6) is 5.75 Å². The van der Waals surface area contributed by atoms with Crippen molar-refractivity contribution in [2.24, 2.45) is 5.92 Å². The third kappa shape index (κ3) is 2.20. The summed E-state index contributed by atoms with van der Waals surface area (Å²) >= 11 is 0. The highest BCUT2D eigenvalue weighted by atomic mass is 16.4. The summed E-state index contributed by atoms with van der Waals surface area (Å²) in [6.07, 6.45) is 1.43. The van der Waals surface area contributed by atoms with E-state index in [1.165, 1.54) is 0 Å². The molecule has 1 aromatic carbocycles. The standard InChI is InChI=1S/C13H17NO3/c1-8(13(16)17)5-10-6-9-7-11(15)3-4-12(9)14(10)2/h3-4,7-8,10,15H,5-6H2,1-2H3,(H,16,17). The van der Waals surface area contributed by atoms with E-state index in [0.29, 0.717) is 6.42 Å². The van der Waals surface area contributed by atoms with E-state index in [9.17, 15) is 9.90 Å². The highest BCUT2D eigenvalue weighted by molar-refractivity contribution is 5.70. The van der Waals surface area contributed by atoms with Crippen molar-refractivity contribution < 1.29 is 15.0 Å². The number of carboxylic acids is 1. The predicted molar refractivity (Wildman–Crippen MR) is 65.4 cm³/mol. The number of aliphatic carboxylic acids is 1. The summed E-state index contributed by atoms with van der Waals surface area (Å²) in [6, 6.07) is 5.52. The minimum atomic E-state index is -0.753. The molecule has 1 aliphatic rings. The fourth-order valence-corrected chi connectivity index (χ4v) is 2.42. The number of benzene rings is 1. The van der Waals surface area contributed by atoms with Crippen LogP contribution >= 0.6 is 0 Å². The van der Waals surface area contributed by atoms with Crippen LogP contribution in [0, 0.1) is 5.92 Å². The Balaban J connectivity index is 2.14. The van der Waals surface area contributed by atoms with E-state index in [-0.39, 0.29) is 17.7 Å². The quantitative estimate of drug-likeness (QED) is 0.839. The predicted octanol–water partition coefficient (Wildman–Crippen LogP) is 1.86. The fraction of sp³-hybridized carbons (Fsp3) is 0.462. The Labute approximate surface area is 100 Å². The van der Waals surface area contributed by atoms with Gasteiger partial charge in [0.25, 0.3) is 0 Å². The molecule has 2 atom stereocenters. The van der Waals surface area contributed by atoms with Crippen LogP contribution in [0.1, 0.15) is 18.9 Å². The summed E-state index contributed by atoms with van der Waals surface area (Å²) in [4.78, 5) is 13.0.